The van der Waals surface area contributed by atoms with Crippen LogP contribution < -0.4 is 15.0 Å². The zero-order chi connectivity index (χ0) is 20.2. The van der Waals surface area contributed by atoms with Gasteiger partial charge < -0.3 is 19.4 Å². The van der Waals surface area contributed by atoms with E-state index in [0.29, 0.717) is 30.4 Å². The van der Waals surface area contributed by atoms with Crippen LogP contribution in [0.3, 0.4) is 0 Å². The molecule has 0 spiro atoms. The number of carbonyl (C=O) groups is 1. The van der Waals surface area contributed by atoms with Crippen LogP contribution in [0.1, 0.15) is 42.6 Å². The Hall–Kier alpha value is -2.83. The highest BCUT2D eigenvalue weighted by molar-refractivity contribution is 5.94. The van der Waals surface area contributed by atoms with Crippen molar-refractivity contribution in [3.8, 4) is 11.5 Å². The van der Waals surface area contributed by atoms with Crippen LogP contribution in [0.2, 0.25) is 0 Å². The smallest absolute Gasteiger partial charge is 0.264 e. The number of aromatic amines is 1. The van der Waals surface area contributed by atoms with Crippen LogP contribution in [0.5, 0.6) is 11.5 Å². The van der Waals surface area contributed by atoms with Crippen molar-refractivity contribution < 1.29 is 14.3 Å². The molecule has 1 aromatic carbocycles. The van der Waals surface area contributed by atoms with E-state index < -0.39 is 5.56 Å². The second kappa shape index (κ2) is 8.24. The van der Waals surface area contributed by atoms with Gasteiger partial charge in [0.25, 0.3) is 11.5 Å². The molecule has 0 bridgehead atoms. The molecule has 2 aromatic rings. The first-order chi connectivity index (χ1) is 12.6. The highest BCUT2D eigenvalue weighted by Crippen LogP contribution is 2.18. The summed E-state index contributed by atoms with van der Waals surface area (Å²) in [7, 11) is 3.24. The number of methoxy groups -OCH3 is 1. The van der Waals surface area contributed by atoms with Gasteiger partial charge in [-0.15, -0.1) is 0 Å². The quantitative estimate of drug-likeness (QED) is 0.841. The van der Waals surface area contributed by atoms with E-state index in [1.165, 1.54) is 4.90 Å². The molecule has 7 nitrogen and oxygen atoms in total. The predicted octanol–water partition coefficient (Wildman–Crippen LogP) is 2.54. The summed E-state index contributed by atoms with van der Waals surface area (Å²) in [5.74, 6) is 1.62. The molecule has 0 fully saturated rings. The molecule has 1 heterocycles. The van der Waals surface area contributed by atoms with Gasteiger partial charge in [0.2, 0.25) is 0 Å². The molecule has 0 atom stereocenters. The number of hydrogen-bond donors (Lipinski definition) is 1. The molecule has 1 N–H and O–H groups in total. The number of H-pyrrole nitrogens is 1. The summed E-state index contributed by atoms with van der Waals surface area (Å²) in [6.45, 7) is 8.18. The zero-order valence-corrected chi connectivity index (χ0v) is 16.8. The van der Waals surface area contributed by atoms with E-state index >= 15 is 0 Å². The Morgan fingerprint density at radius 1 is 1.19 bits per heavy atom. The van der Waals surface area contributed by atoms with Crippen LogP contribution in [0.4, 0.5) is 0 Å². The highest BCUT2D eigenvalue weighted by Gasteiger charge is 2.23. The van der Waals surface area contributed by atoms with Gasteiger partial charge in [-0.3, -0.25) is 9.59 Å². The van der Waals surface area contributed by atoms with Gasteiger partial charge in [0.15, 0.2) is 0 Å². The van der Waals surface area contributed by atoms with Gasteiger partial charge in [-0.05, 0) is 31.2 Å². The first-order valence-corrected chi connectivity index (χ1v) is 8.77. The lowest BCUT2D eigenvalue weighted by Crippen LogP contribution is -2.37. The van der Waals surface area contributed by atoms with E-state index in [9.17, 15) is 9.59 Å². The number of carbonyl (C=O) groups excluding carboxylic acids is 1. The van der Waals surface area contributed by atoms with Crippen molar-refractivity contribution in [2.24, 2.45) is 0 Å². The minimum atomic E-state index is -0.416. The number of hydrogen-bond acceptors (Lipinski definition) is 5. The molecule has 146 valence electrons. The first-order valence-electron chi connectivity index (χ1n) is 8.77. The van der Waals surface area contributed by atoms with Crippen molar-refractivity contribution in [2.75, 3.05) is 27.3 Å². The van der Waals surface area contributed by atoms with E-state index in [4.69, 9.17) is 9.47 Å². The number of nitrogens with zero attached hydrogens (tertiary/aromatic N) is 2. The van der Waals surface area contributed by atoms with Gasteiger partial charge in [0.05, 0.1) is 19.3 Å². The molecule has 0 aliphatic rings. The molecule has 0 aliphatic carbocycles. The lowest BCUT2D eigenvalue weighted by molar-refractivity contribution is 0.0770. The van der Waals surface area contributed by atoms with Gasteiger partial charge >= 0.3 is 0 Å². The van der Waals surface area contributed by atoms with Crippen LogP contribution in [-0.4, -0.2) is 48.1 Å². The van der Waals surface area contributed by atoms with Gasteiger partial charge in [0, 0.05) is 12.5 Å². The van der Waals surface area contributed by atoms with E-state index in [-0.39, 0.29) is 16.9 Å². The fourth-order valence-electron chi connectivity index (χ4n) is 2.46. The zero-order valence-electron chi connectivity index (χ0n) is 16.8. The van der Waals surface area contributed by atoms with Crippen LogP contribution in [0.25, 0.3) is 0 Å². The third-order valence-electron chi connectivity index (χ3n) is 4.13. The molecule has 0 unspecified atom stereocenters. The summed E-state index contributed by atoms with van der Waals surface area (Å²) >= 11 is 0. The van der Waals surface area contributed by atoms with Crippen molar-refractivity contribution in [1.82, 2.24) is 14.9 Å². The van der Waals surface area contributed by atoms with E-state index in [1.54, 1.807) is 45.3 Å². The number of aryl methyl sites for hydroxylation is 1. The number of rotatable bonds is 6. The Kier molecular flexibility index (Phi) is 6.25. The second-order valence-corrected chi connectivity index (χ2v) is 7.38. The minimum absolute atomic E-state index is 0.0648. The van der Waals surface area contributed by atoms with Crippen molar-refractivity contribution in [1.29, 1.82) is 0 Å². The third kappa shape index (κ3) is 5.09. The Morgan fingerprint density at radius 3 is 2.30 bits per heavy atom. The van der Waals surface area contributed by atoms with Crippen LogP contribution >= 0.6 is 0 Å². The van der Waals surface area contributed by atoms with E-state index in [0.717, 1.165) is 5.75 Å². The van der Waals surface area contributed by atoms with Crippen molar-refractivity contribution >= 4 is 5.91 Å². The van der Waals surface area contributed by atoms with Gasteiger partial charge in [-0.25, -0.2) is 4.98 Å². The standard InChI is InChI=1S/C20H27N3O4/c1-13-16(17(24)22-19(21-13)20(2,3)4)18(25)23(5)11-12-27-15-9-7-14(26-6)8-10-15/h7-10H,11-12H2,1-6H3,(H,21,22,24). The maximum absolute atomic E-state index is 12.7. The van der Waals surface area contributed by atoms with Crippen LogP contribution in [0.15, 0.2) is 29.1 Å². The Balaban J connectivity index is 2.03. The van der Waals surface area contributed by atoms with Crippen molar-refractivity contribution in [3.05, 3.63) is 51.7 Å². The minimum Gasteiger partial charge on any atom is -0.497 e. The Morgan fingerprint density at radius 2 is 1.78 bits per heavy atom. The molecule has 0 saturated heterocycles. The monoisotopic (exact) mass is 373 g/mol. The fraction of sp³-hybridized carbons (Fsp3) is 0.450. The Bertz CT molecular complexity index is 851. The topological polar surface area (TPSA) is 84.5 Å². The molecule has 2 rings (SSSR count). The number of aromatic nitrogens is 2. The molecule has 1 amide bonds. The van der Waals surface area contributed by atoms with E-state index in [1.807, 2.05) is 20.8 Å². The molecular formula is C20H27N3O4. The molecule has 0 saturated carbocycles. The normalized spacial score (nSPS) is 11.2. The van der Waals surface area contributed by atoms with Gasteiger partial charge in [0.1, 0.15) is 29.5 Å². The molecule has 7 heteroatoms. The number of likely N-dealkylation sites (N-methyl/N-ethyl adjacent to an activating group) is 1. The summed E-state index contributed by atoms with van der Waals surface area (Å²) in [4.78, 5) is 33.7. The molecular weight excluding hydrogens is 346 g/mol. The summed E-state index contributed by atoms with van der Waals surface area (Å²) in [6.07, 6.45) is 0. The van der Waals surface area contributed by atoms with Crippen molar-refractivity contribution in [3.63, 3.8) is 0 Å². The van der Waals surface area contributed by atoms with Crippen LogP contribution in [0, 0.1) is 6.92 Å². The number of benzene rings is 1. The average Bonchev–Trinajstić information content (AvgIpc) is 2.60. The average molecular weight is 373 g/mol. The Labute approximate surface area is 159 Å². The largest absolute Gasteiger partial charge is 0.497 e. The maximum Gasteiger partial charge on any atom is 0.264 e. The number of amides is 1. The van der Waals surface area contributed by atoms with E-state index in [2.05, 4.69) is 9.97 Å². The SMILES string of the molecule is COc1ccc(OCCN(C)C(=O)c2c(C)nc(C(C)(C)C)[nH]c2=O)cc1. The maximum atomic E-state index is 12.7. The molecule has 0 radical (unpaired) electrons. The van der Waals surface area contributed by atoms with Gasteiger partial charge in [-0.2, -0.15) is 0 Å². The number of ether oxygens (including phenoxy) is 2. The second-order valence-electron chi connectivity index (χ2n) is 7.38. The first kappa shape index (κ1) is 20.5. The van der Waals surface area contributed by atoms with Gasteiger partial charge in [-0.1, -0.05) is 20.8 Å². The summed E-state index contributed by atoms with van der Waals surface area (Å²) < 4.78 is 10.7. The highest BCUT2D eigenvalue weighted by atomic mass is 16.5. The van der Waals surface area contributed by atoms with Crippen LogP contribution in [-0.2, 0) is 5.41 Å². The summed E-state index contributed by atoms with van der Waals surface area (Å²) in [5, 5.41) is 0. The lowest BCUT2D eigenvalue weighted by Gasteiger charge is -2.21. The summed E-state index contributed by atoms with van der Waals surface area (Å²) in [5.41, 5.74) is -0.226. The fourth-order valence-corrected chi connectivity index (χ4v) is 2.46. The number of nitrogens with one attached hydrogen (secondary N) is 1. The molecule has 0 aliphatic heterocycles. The summed E-state index contributed by atoms with van der Waals surface area (Å²) in [6, 6.07) is 7.19. The lowest BCUT2D eigenvalue weighted by atomic mass is 9.95. The molecule has 27 heavy (non-hydrogen) atoms. The predicted molar refractivity (Wildman–Crippen MR) is 104 cm³/mol. The third-order valence-corrected chi connectivity index (χ3v) is 4.13. The van der Waals surface area contributed by atoms with Crippen molar-refractivity contribution in [2.45, 2.75) is 33.1 Å². The molecule has 1 aromatic heterocycles.